The van der Waals surface area contributed by atoms with Gasteiger partial charge in [0.15, 0.2) is 11.5 Å². The molecule has 236 valence electrons. The fourth-order valence-electron chi connectivity index (χ4n) is 4.65. The number of ether oxygens (including phenoxy) is 2. The van der Waals surface area contributed by atoms with Gasteiger partial charge in [-0.1, -0.05) is 36.2 Å². The van der Waals surface area contributed by atoms with Crippen molar-refractivity contribution in [2.75, 3.05) is 24.1 Å². The van der Waals surface area contributed by atoms with E-state index >= 15 is 0 Å². The predicted molar refractivity (Wildman–Crippen MR) is 167 cm³/mol. The van der Waals surface area contributed by atoms with Crippen molar-refractivity contribution in [2.24, 2.45) is 0 Å². The molecule has 44 heavy (non-hydrogen) atoms. The maximum Gasteiger partial charge on any atom is 0.264 e. The van der Waals surface area contributed by atoms with Gasteiger partial charge in [-0.2, -0.15) is 0 Å². The molecule has 0 saturated heterocycles. The van der Waals surface area contributed by atoms with E-state index in [9.17, 15) is 22.4 Å². The predicted octanol–water partition coefficient (Wildman–Crippen LogP) is 5.82. The molecule has 0 aromatic heterocycles. The normalized spacial score (nSPS) is 13.6. The fraction of sp³-hybridized carbons (Fsp3) is 0.355. The first-order valence-corrected chi connectivity index (χ1v) is 16.1. The van der Waals surface area contributed by atoms with Gasteiger partial charge in [-0.25, -0.2) is 12.8 Å². The minimum Gasteiger partial charge on any atom is -0.486 e. The highest BCUT2D eigenvalue weighted by Gasteiger charge is 2.35. The van der Waals surface area contributed by atoms with Crippen LogP contribution in [0.4, 0.5) is 10.1 Å². The van der Waals surface area contributed by atoms with Gasteiger partial charge in [-0.15, -0.1) is 0 Å². The Morgan fingerprint density at radius 3 is 2.25 bits per heavy atom. The molecule has 1 heterocycles. The van der Waals surface area contributed by atoms with Gasteiger partial charge in [0.05, 0.1) is 10.6 Å². The minimum absolute atomic E-state index is 0.0475. The van der Waals surface area contributed by atoms with Gasteiger partial charge in [0.25, 0.3) is 10.0 Å². The van der Waals surface area contributed by atoms with E-state index in [-0.39, 0.29) is 40.9 Å². The quantitative estimate of drug-likeness (QED) is 0.293. The third-order valence-corrected chi connectivity index (χ3v) is 9.09. The van der Waals surface area contributed by atoms with E-state index in [2.05, 4.69) is 5.32 Å². The molecule has 0 fully saturated rings. The molecule has 1 atom stereocenters. The SMILES string of the molecule is CC[C@H](C(=O)NC(C)(C)C)N(Cc1ccc(Cl)cc1Cl)C(=O)CN(c1ccc(F)cc1)S(=O)(=O)c1ccc2c(c1)OCCO2. The Kier molecular flexibility index (Phi) is 10.3. The smallest absolute Gasteiger partial charge is 0.264 e. The number of hydrogen-bond donors (Lipinski definition) is 1. The number of fused-ring (bicyclic) bond motifs is 1. The van der Waals surface area contributed by atoms with Crippen molar-refractivity contribution in [1.29, 1.82) is 0 Å². The summed E-state index contributed by atoms with van der Waals surface area (Å²) in [5.41, 5.74) is -0.0421. The Balaban J connectivity index is 1.77. The Labute approximate surface area is 266 Å². The Morgan fingerprint density at radius 1 is 0.977 bits per heavy atom. The molecule has 13 heteroatoms. The summed E-state index contributed by atoms with van der Waals surface area (Å²) in [4.78, 5) is 28.8. The molecule has 0 spiro atoms. The number of carbonyl (C=O) groups is 2. The molecular weight excluding hydrogens is 632 g/mol. The van der Waals surface area contributed by atoms with Crippen molar-refractivity contribution >= 4 is 50.7 Å². The molecule has 9 nitrogen and oxygen atoms in total. The van der Waals surface area contributed by atoms with E-state index in [1.165, 1.54) is 41.3 Å². The van der Waals surface area contributed by atoms with Crippen LogP contribution >= 0.6 is 23.2 Å². The van der Waals surface area contributed by atoms with E-state index < -0.39 is 45.8 Å². The Bertz CT molecular complexity index is 1630. The molecular formula is C31H34Cl2FN3O6S. The monoisotopic (exact) mass is 665 g/mol. The first-order chi connectivity index (χ1) is 20.7. The fourth-order valence-corrected chi connectivity index (χ4v) is 6.55. The number of carbonyl (C=O) groups excluding carboxylic acids is 2. The van der Waals surface area contributed by atoms with E-state index in [4.69, 9.17) is 32.7 Å². The number of rotatable bonds is 10. The third-order valence-electron chi connectivity index (χ3n) is 6.74. The summed E-state index contributed by atoms with van der Waals surface area (Å²) in [5, 5.41) is 3.57. The highest BCUT2D eigenvalue weighted by Crippen LogP contribution is 2.34. The molecule has 1 aliphatic rings. The lowest BCUT2D eigenvalue weighted by atomic mass is 10.1. The summed E-state index contributed by atoms with van der Waals surface area (Å²) in [6.45, 7) is 6.96. The number of hydrogen-bond acceptors (Lipinski definition) is 6. The minimum atomic E-state index is -4.41. The summed E-state index contributed by atoms with van der Waals surface area (Å²) in [6, 6.07) is 12.7. The van der Waals surface area contributed by atoms with Gasteiger partial charge in [-0.3, -0.25) is 13.9 Å². The number of amides is 2. The van der Waals surface area contributed by atoms with Gasteiger partial charge in [0.2, 0.25) is 11.8 Å². The molecule has 0 aliphatic carbocycles. The van der Waals surface area contributed by atoms with Gasteiger partial charge in [-0.05, 0) is 81.3 Å². The van der Waals surface area contributed by atoms with E-state index in [1.807, 2.05) is 20.8 Å². The van der Waals surface area contributed by atoms with Crippen molar-refractivity contribution in [2.45, 2.75) is 57.1 Å². The van der Waals surface area contributed by atoms with Crippen LogP contribution in [-0.4, -0.2) is 56.5 Å². The van der Waals surface area contributed by atoms with E-state index in [0.29, 0.717) is 22.9 Å². The van der Waals surface area contributed by atoms with Crippen LogP contribution in [0.1, 0.15) is 39.7 Å². The van der Waals surface area contributed by atoms with Crippen LogP contribution in [0.5, 0.6) is 11.5 Å². The number of nitrogens with zero attached hydrogens (tertiary/aromatic N) is 2. The van der Waals surface area contributed by atoms with Crippen LogP contribution in [0.25, 0.3) is 0 Å². The van der Waals surface area contributed by atoms with Crippen LogP contribution < -0.4 is 19.1 Å². The lowest BCUT2D eigenvalue weighted by molar-refractivity contribution is -0.141. The standard InChI is InChI=1S/C31H34Cl2FN3O6S/c1-5-26(30(39)35-31(2,3)4)36(18-20-6-7-21(32)16-25(20)33)29(38)19-37(23-10-8-22(34)9-11-23)44(40,41)24-12-13-27-28(17-24)43-15-14-42-27/h6-13,16-17,26H,5,14-15,18-19H2,1-4H3,(H,35,39)/t26-/m1/s1. The molecule has 3 aromatic carbocycles. The van der Waals surface area contributed by atoms with E-state index in [0.717, 1.165) is 16.4 Å². The molecule has 0 radical (unpaired) electrons. The van der Waals surface area contributed by atoms with Gasteiger partial charge < -0.3 is 19.7 Å². The summed E-state index contributed by atoms with van der Waals surface area (Å²) in [5.74, 6) is -1.05. The van der Waals surface area contributed by atoms with Crippen LogP contribution in [-0.2, 0) is 26.2 Å². The first-order valence-electron chi connectivity index (χ1n) is 13.9. The summed E-state index contributed by atoms with van der Waals surface area (Å²) >= 11 is 12.5. The second-order valence-electron chi connectivity index (χ2n) is 11.2. The molecule has 1 N–H and O–H groups in total. The second-order valence-corrected chi connectivity index (χ2v) is 13.9. The van der Waals surface area contributed by atoms with Crippen molar-refractivity contribution in [1.82, 2.24) is 10.2 Å². The Hall–Kier alpha value is -3.54. The lowest BCUT2D eigenvalue weighted by Gasteiger charge is -2.35. The number of halogens is 3. The number of nitrogens with one attached hydrogen (secondary N) is 1. The highest BCUT2D eigenvalue weighted by molar-refractivity contribution is 7.92. The first kappa shape index (κ1) is 33.4. The topological polar surface area (TPSA) is 105 Å². The maximum atomic E-state index is 14.2. The average Bonchev–Trinajstić information content (AvgIpc) is 2.96. The summed E-state index contributed by atoms with van der Waals surface area (Å²) in [6.07, 6.45) is 0.227. The van der Waals surface area contributed by atoms with Crippen molar-refractivity contribution in [3.05, 3.63) is 82.1 Å². The molecule has 0 unspecified atom stereocenters. The molecule has 0 bridgehead atoms. The second kappa shape index (κ2) is 13.6. The lowest BCUT2D eigenvalue weighted by Crippen LogP contribution is -2.55. The molecule has 4 rings (SSSR count). The van der Waals surface area contributed by atoms with Crippen LogP contribution in [0.15, 0.2) is 65.6 Å². The van der Waals surface area contributed by atoms with Crippen LogP contribution in [0.2, 0.25) is 10.0 Å². The molecule has 0 saturated carbocycles. The summed E-state index contributed by atoms with van der Waals surface area (Å²) in [7, 11) is -4.41. The van der Waals surface area contributed by atoms with Crippen molar-refractivity contribution < 1.29 is 31.9 Å². The zero-order valence-corrected chi connectivity index (χ0v) is 27.1. The van der Waals surface area contributed by atoms with Crippen molar-refractivity contribution in [3.63, 3.8) is 0 Å². The molecule has 1 aliphatic heterocycles. The number of benzene rings is 3. The third kappa shape index (κ3) is 7.94. The van der Waals surface area contributed by atoms with E-state index in [1.54, 1.807) is 19.1 Å². The molecule has 2 amide bonds. The Morgan fingerprint density at radius 2 is 1.64 bits per heavy atom. The largest absolute Gasteiger partial charge is 0.486 e. The maximum absolute atomic E-state index is 14.2. The highest BCUT2D eigenvalue weighted by atomic mass is 35.5. The number of anilines is 1. The average molecular weight is 667 g/mol. The zero-order chi connectivity index (χ0) is 32.2. The zero-order valence-electron chi connectivity index (χ0n) is 24.8. The van der Waals surface area contributed by atoms with Crippen molar-refractivity contribution in [3.8, 4) is 11.5 Å². The van der Waals surface area contributed by atoms with Gasteiger partial charge in [0, 0.05) is 28.2 Å². The van der Waals surface area contributed by atoms with Crippen LogP contribution in [0, 0.1) is 5.82 Å². The summed E-state index contributed by atoms with van der Waals surface area (Å²) < 4.78 is 54.1. The van der Waals surface area contributed by atoms with Gasteiger partial charge >= 0.3 is 0 Å². The van der Waals surface area contributed by atoms with Crippen LogP contribution in [0.3, 0.4) is 0 Å². The van der Waals surface area contributed by atoms with Gasteiger partial charge in [0.1, 0.15) is 31.6 Å². The molecule has 3 aromatic rings. The number of sulfonamides is 1.